The lowest BCUT2D eigenvalue weighted by atomic mass is 9.64. The molecule has 0 radical (unpaired) electrons. The van der Waals surface area contributed by atoms with Gasteiger partial charge >= 0.3 is 6.18 Å². The van der Waals surface area contributed by atoms with Crippen LogP contribution in [0.2, 0.25) is 0 Å². The number of aliphatic hydroxyl groups is 1. The van der Waals surface area contributed by atoms with Crippen LogP contribution in [0.1, 0.15) is 66.9 Å². The topological polar surface area (TPSA) is 49.3 Å². The normalized spacial score (nSPS) is 26.7. The fourth-order valence-electron chi connectivity index (χ4n) is 6.35. The number of alkyl halides is 3. The summed E-state index contributed by atoms with van der Waals surface area (Å²) in [6.45, 7) is 2.66. The first-order valence-electron chi connectivity index (χ1n) is 13.4. The first-order valence-corrected chi connectivity index (χ1v) is 13.4. The number of carbonyl (C=O) groups excluding carboxylic acids is 1. The zero-order valence-electron chi connectivity index (χ0n) is 22.1. The highest BCUT2D eigenvalue weighted by Crippen LogP contribution is 2.60. The van der Waals surface area contributed by atoms with Gasteiger partial charge in [-0.15, -0.1) is 0 Å². The number of rotatable bonds is 7. The summed E-state index contributed by atoms with van der Waals surface area (Å²) in [4.78, 5) is 12.8. The van der Waals surface area contributed by atoms with Crippen LogP contribution in [0.5, 0.6) is 0 Å². The molecule has 1 saturated carbocycles. The van der Waals surface area contributed by atoms with Gasteiger partial charge in [-0.2, -0.15) is 13.2 Å². The Morgan fingerprint density at radius 2 is 1.87 bits per heavy atom. The minimum atomic E-state index is -4.37. The van der Waals surface area contributed by atoms with E-state index in [-0.39, 0.29) is 11.7 Å². The number of halogens is 4. The van der Waals surface area contributed by atoms with Crippen molar-refractivity contribution in [2.24, 2.45) is 11.3 Å². The second kappa shape index (κ2) is 10.1. The summed E-state index contributed by atoms with van der Waals surface area (Å²) in [5, 5.41) is 14.4. The van der Waals surface area contributed by atoms with E-state index in [1.165, 1.54) is 28.9 Å². The predicted octanol–water partition coefficient (Wildman–Crippen LogP) is 7.20. The highest BCUT2D eigenvalue weighted by atomic mass is 19.4. The van der Waals surface area contributed by atoms with Gasteiger partial charge in [-0.05, 0) is 72.6 Å². The van der Waals surface area contributed by atoms with E-state index in [1.807, 2.05) is 12.1 Å². The quantitative estimate of drug-likeness (QED) is 0.366. The lowest BCUT2D eigenvalue weighted by Crippen LogP contribution is -2.44. The van der Waals surface area contributed by atoms with Crippen LogP contribution in [0.4, 0.5) is 17.6 Å². The smallest absolute Gasteiger partial charge is 0.389 e. The van der Waals surface area contributed by atoms with E-state index in [4.69, 9.17) is 0 Å². The molecule has 4 atom stereocenters. The van der Waals surface area contributed by atoms with Crippen LogP contribution >= 0.6 is 0 Å². The molecule has 3 unspecified atom stereocenters. The molecule has 0 heterocycles. The lowest BCUT2D eigenvalue weighted by molar-refractivity contribution is -0.167. The standard InChI is InChI=1S/C32H33F4NO2/c1-20(32(34,35)36)19-37-29(38)27-6-4-3-5-21(27)13-15-31(39)16-14-24-17-28-23(18-30(24,31)2)9-12-26(28)22-7-10-25(33)11-8-22/h3-12,17,20,26,39H,13-16,18-19H2,1-2H3,(H,37,38)/t20-,26?,30?,31?/m1/s1. The van der Waals surface area contributed by atoms with Gasteiger partial charge in [0, 0.05) is 23.4 Å². The van der Waals surface area contributed by atoms with Crippen LogP contribution < -0.4 is 5.32 Å². The fraction of sp³-hybridized carbons (Fsp3) is 0.406. The summed E-state index contributed by atoms with van der Waals surface area (Å²) >= 11 is 0. The van der Waals surface area contributed by atoms with Gasteiger partial charge in [-0.1, -0.05) is 68.0 Å². The lowest BCUT2D eigenvalue weighted by Gasteiger charge is -2.43. The fourth-order valence-corrected chi connectivity index (χ4v) is 6.35. The van der Waals surface area contributed by atoms with Gasteiger partial charge in [-0.25, -0.2) is 4.39 Å². The van der Waals surface area contributed by atoms with Gasteiger partial charge in [-0.3, -0.25) is 4.79 Å². The maximum Gasteiger partial charge on any atom is 0.393 e. The molecule has 7 heteroatoms. The number of benzene rings is 2. The number of hydrogen-bond donors (Lipinski definition) is 2. The molecule has 0 bridgehead atoms. The molecule has 206 valence electrons. The molecule has 39 heavy (non-hydrogen) atoms. The molecular weight excluding hydrogens is 506 g/mol. The third-order valence-corrected chi connectivity index (χ3v) is 9.04. The number of carbonyl (C=O) groups is 1. The van der Waals surface area contributed by atoms with E-state index >= 15 is 0 Å². The molecule has 2 aromatic rings. The van der Waals surface area contributed by atoms with Crippen LogP contribution in [-0.2, 0) is 6.42 Å². The maximum absolute atomic E-state index is 13.5. The summed E-state index contributed by atoms with van der Waals surface area (Å²) in [5.74, 6) is -2.38. The van der Waals surface area contributed by atoms with E-state index < -0.39 is 35.6 Å². The molecule has 0 aliphatic heterocycles. The molecule has 5 rings (SSSR count). The monoisotopic (exact) mass is 539 g/mol. The van der Waals surface area contributed by atoms with Gasteiger partial charge in [0.2, 0.25) is 0 Å². The molecule has 3 aliphatic carbocycles. The van der Waals surface area contributed by atoms with Crippen LogP contribution in [0.25, 0.3) is 0 Å². The molecule has 1 amide bonds. The number of amides is 1. The van der Waals surface area contributed by atoms with Crippen molar-refractivity contribution in [2.75, 3.05) is 6.54 Å². The molecule has 3 nitrogen and oxygen atoms in total. The van der Waals surface area contributed by atoms with Crippen molar-refractivity contribution >= 4 is 5.91 Å². The van der Waals surface area contributed by atoms with Crippen LogP contribution in [0.15, 0.2) is 83.5 Å². The molecule has 2 N–H and O–H groups in total. The van der Waals surface area contributed by atoms with Crippen LogP contribution in [0.3, 0.4) is 0 Å². The highest BCUT2D eigenvalue weighted by molar-refractivity contribution is 5.95. The first-order chi connectivity index (χ1) is 18.4. The second-order valence-electron chi connectivity index (χ2n) is 11.4. The van der Waals surface area contributed by atoms with E-state index in [2.05, 4.69) is 30.5 Å². The molecular formula is C32H33F4NO2. The Hall–Kier alpha value is -3.19. The number of nitrogens with one attached hydrogen (secondary N) is 1. The summed E-state index contributed by atoms with van der Waals surface area (Å²) in [6.07, 6.45) is 4.99. The minimum Gasteiger partial charge on any atom is -0.389 e. The van der Waals surface area contributed by atoms with Gasteiger partial charge in [0.25, 0.3) is 5.91 Å². The minimum absolute atomic E-state index is 0.0665. The average Bonchev–Trinajstić information content (AvgIpc) is 3.42. The van der Waals surface area contributed by atoms with Gasteiger partial charge in [0.05, 0.1) is 11.5 Å². The summed E-state index contributed by atoms with van der Waals surface area (Å²) in [5.41, 5.74) is 4.20. The molecule has 0 aromatic heterocycles. The Morgan fingerprint density at radius 1 is 1.15 bits per heavy atom. The van der Waals surface area contributed by atoms with Crippen molar-refractivity contribution in [2.45, 2.75) is 63.6 Å². The van der Waals surface area contributed by atoms with E-state index in [0.29, 0.717) is 36.8 Å². The van der Waals surface area contributed by atoms with E-state index in [0.717, 1.165) is 18.9 Å². The Kier molecular flexibility index (Phi) is 7.08. The van der Waals surface area contributed by atoms with Crippen molar-refractivity contribution in [3.63, 3.8) is 0 Å². The maximum atomic E-state index is 13.5. The number of hydrogen-bond acceptors (Lipinski definition) is 2. The zero-order valence-corrected chi connectivity index (χ0v) is 22.1. The van der Waals surface area contributed by atoms with Gasteiger partial charge in [0.1, 0.15) is 5.82 Å². The van der Waals surface area contributed by atoms with Crippen molar-refractivity contribution in [3.05, 3.63) is 106 Å². The Bertz CT molecular complexity index is 1360. The van der Waals surface area contributed by atoms with Gasteiger partial charge in [0.15, 0.2) is 0 Å². The summed E-state index contributed by atoms with van der Waals surface area (Å²) in [7, 11) is 0. The third-order valence-electron chi connectivity index (χ3n) is 9.04. The Morgan fingerprint density at radius 3 is 2.59 bits per heavy atom. The third kappa shape index (κ3) is 5.09. The van der Waals surface area contributed by atoms with Crippen LogP contribution in [0, 0.1) is 17.2 Å². The average molecular weight is 540 g/mol. The number of fused-ring (bicyclic) bond motifs is 1. The first kappa shape index (κ1) is 27.4. The second-order valence-corrected chi connectivity index (χ2v) is 11.4. The molecule has 0 saturated heterocycles. The van der Waals surface area contributed by atoms with E-state index in [9.17, 15) is 27.5 Å². The van der Waals surface area contributed by atoms with E-state index in [1.54, 1.807) is 24.3 Å². The summed E-state index contributed by atoms with van der Waals surface area (Å²) < 4.78 is 52.1. The number of aryl methyl sites for hydroxylation is 1. The number of allylic oxidation sites excluding steroid dienone is 5. The molecule has 1 fully saturated rings. The van der Waals surface area contributed by atoms with Crippen molar-refractivity contribution in [1.29, 1.82) is 0 Å². The highest BCUT2D eigenvalue weighted by Gasteiger charge is 2.55. The Labute approximate surface area is 226 Å². The zero-order chi connectivity index (χ0) is 28.0. The SMILES string of the molecule is C[C@H](CNC(=O)c1ccccc1CCC1(O)CCC2=CC3=C(C=CC3c3ccc(F)cc3)CC21C)C(F)(F)F. The predicted molar refractivity (Wildman–Crippen MR) is 143 cm³/mol. The summed E-state index contributed by atoms with van der Waals surface area (Å²) in [6, 6.07) is 13.5. The van der Waals surface area contributed by atoms with Gasteiger partial charge < -0.3 is 10.4 Å². The molecule has 2 aromatic carbocycles. The van der Waals surface area contributed by atoms with Crippen molar-refractivity contribution in [1.82, 2.24) is 5.32 Å². The molecule has 3 aliphatic rings. The van der Waals surface area contributed by atoms with Crippen LogP contribution in [-0.4, -0.2) is 29.3 Å². The molecule has 0 spiro atoms. The Balaban J connectivity index is 1.30. The van der Waals surface area contributed by atoms with Crippen molar-refractivity contribution in [3.8, 4) is 0 Å². The largest absolute Gasteiger partial charge is 0.393 e. The van der Waals surface area contributed by atoms with Crippen molar-refractivity contribution < 1.29 is 27.5 Å².